The lowest BCUT2D eigenvalue weighted by Gasteiger charge is -2.19. The fourth-order valence-corrected chi connectivity index (χ4v) is 3.30. The summed E-state index contributed by atoms with van der Waals surface area (Å²) in [7, 11) is 0. The number of nitrogens with two attached hydrogens (primary N) is 1. The van der Waals surface area contributed by atoms with Crippen LogP contribution in [0.1, 0.15) is 28.4 Å². The van der Waals surface area contributed by atoms with E-state index < -0.39 is 5.91 Å². The molecule has 1 heterocycles. The first kappa shape index (κ1) is 17.9. The van der Waals surface area contributed by atoms with Gasteiger partial charge in [-0.15, -0.1) is 0 Å². The van der Waals surface area contributed by atoms with Crippen LogP contribution in [0.3, 0.4) is 0 Å². The molecular formula is C23H23N3O2. The number of hydrogen-bond acceptors (Lipinski definition) is 4. The Balaban J connectivity index is 1.45. The molecule has 3 aromatic carbocycles. The van der Waals surface area contributed by atoms with Gasteiger partial charge in [0.2, 0.25) is 5.91 Å². The molecule has 0 aromatic heterocycles. The van der Waals surface area contributed by atoms with Crippen molar-refractivity contribution in [3.8, 4) is 5.75 Å². The molecule has 0 bridgehead atoms. The number of ether oxygens (including phenoxy) is 1. The molecule has 5 nitrogen and oxygen atoms in total. The summed E-state index contributed by atoms with van der Waals surface area (Å²) in [5, 5.41) is 3.33. The number of primary amides is 1. The number of rotatable bonds is 6. The highest BCUT2D eigenvalue weighted by molar-refractivity contribution is 5.96. The van der Waals surface area contributed by atoms with Crippen molar-refractivity contribution in [1.29, 1.82) is 0 Å². The number of carbonyl (C=O) groups is 1. The fraction of sp³-hybridized carbons (Fsp3) is 0.174. The van der Waals surface area contributed by atoms with Gasteiger partial charge in [0.15, 0.2) is 0 Å². The summed E-state index contributed by atoms with van der Waals surface area (Å²) in [6.45, 7) is 3.33. The molecule has 1 amide bonds. The summed E-state index contributed by atoms with van der Waals surface area (Å²) in [5.41, 5.74) is 11.3. The van der Waals surface area contributed by atoms with Crippen molar-refractivity contribution in [3.63, 3.8) is 0 Å². The predicted molar refractivity (Wildman–Crippen MR) is 112 cm³/mol. The second kappa shape index (κ2) is 7.64. The monoisotopic (exact) mass is 373 g/mol. The molecule has 1 aliphatic heterocycles. The van der Waals surface area contributed by atoms with Crippen LogP contribution in [-0.4, -0.2) is 12.6 Å². The molecule has 0 aliphatic carbocycles. The van der Waals surface area contributed by atoms with Gasteiger partial charge < -0.3 is 20.7 Å². The van der Waals surface area contributed by atoms with Gasteiger partial charge in [0, 0.05) is 11.3 Å². The third kappa shape index (κ3) is 3.64. The zero-order valence-electron chi connectivity index (χ0n) is 15.8. The average Bonchev–Trinajstić information content (AvgIpc) is 3.16. The maximum absolute atomic E-state index is 11.5. The first-order valence-electron chi connectivity index (χ1n) is 9.40. The smallest absolute Gasteiger partial charge is 0.248 e. The number of nitrogens with one attached hydrogen (secondary N) is 1. The molecule has 0 unspecified atom stereocenters. The second-order valence-corrected chi connectivity index (χ2v) is 6.81. The van der Waals surface area contributed by atoms with E-state index in [1.807, 2.05) is 36.4 Å². The SMILES string of the molecule is CCc1ccc(COc2ccc(N3CNc4ccc(C(N)=O)cc43)cc2)cc1. The number of aryl methyl sites for hydroxylation is 1. The Morgan fingerprint density at radius 3 is 2.43 bits per heavy atom. The maximum atomic E-state index is 11.5. The van der Waals surface area contributed by atoms with E-state index in [4.69, 9.17) is 10.5 Å². The number of fused-ring (bicyclic) bond motifs is 1. The van der Waals surface area contributed by atoms with Gasteiger partial charge in [-0.2, -0.15) is 0 Å². The van der Waals surface area contributed by atoms with Crippen molar-refractivity contribution < 1.29 is 9.53 Å². The predicted octanol–water partition coefficient (Wildman–Crippen LogP) is 4.45. The summed E-state index contributed by atoms with van der Waals surface area (Å²) in [4.78, 5) is 13.6. The molecule has 0 spiro atoms. The largest absolute Gasteiger partial charge is 0.489 e. The first-order chi connectivity index (χ1) is 13.6. The Bertz CT molecular complexity index is 982. The number of nitrogens with zero attached hydrogens (tertiary/aromatic N) is 1. The lowest BCUT2D eigenvalue weighted by Crippen LogP contribution is -2.17. The summed E-state index contributed by atoms with van der Waals surface area (Å²) < 4.78 is 5.91. The Labute approximate surface area is 164 Å². The summed E-state index contributed by atoms with van der Waals surface area (Å²) >= 11 is 0. The molecule has 5 heteroatoms. The first-order valence-corrected chi connectivity index (χ1v) is 9.40. The van der Waals surface area contributed by atoms with Crippen LogP contribution in [-0.2, 0) is 13.0 Å². The number of amides is 1. The molecule has 3 N–H and O–H groups in total. The minimum Gasteiger partial charge on any atom is -0.489 e. The number of hydrogen-bond donors (Lipinski definition) is 2. The highest BCUT2D eigenvalue weighted by Gasteiger charge is 2.21. The molecule has 0 radical (unpaired) electrons. The van der Waals surface area contributed by atoms with E-state index in [1.165, 1.54) is 5.56 Å². The summed E-state index contributed by atoms with van der Waals surface area (Å²) in [6.07, 6.45) is 1.04. The number of carbonyl (C=O) groups excluding carboxylic acids is 1. The fourth-order valence-electron chi connectivity index (χ4n) is 3.30. The normalized spacial score (nSPS) is 12.4. The molecule has 0 saturated heterocycles. The van der Waals surface area contributed by atoms with Gasteiger partial charge in [0.05, 0.1) is 18.0 Å². The molecule has 3 aromatic rings. The van der Waals surface area contributed by atoms with E-state index in [0.717, 1.165) is 34.8 Å². The lowest BCUT2D eigenvalue weighted by atomic mass is 10.1. The number of benzene rings is 3. The van der Waals surface area contributed by atoms with Crippen LogP contribution in [0.5, 0.6) is 5.75 Å². The molecule has 1 aliphatic rings. The van der Waals surface area contributed by atoms with Crippen molar-refractivity contribution in [2.45, 2.75) is 20.0 Å². The topological polar surface area (TPSA) is 67.6 Å². The maximum Gasteiger partial charge on any atom is 0.248 e. The highest BCUT2D eigenvalue weighted by atomic mass is 16.5. The second-order valence-electron chi connectivity index (χ2n) is 6.81. The van der Waals surface area contributed by atoms with E-state index in [9.17, 15) is 4.79 Å². The van der Waals surface area contributed by atoms with Crippen LogP contribution in [0.15, 0.2) is 66.7 Å². The van der Waals surface area contributed by atoms with E-state index >= 15 is 0 Å². The Hall–Kier alpha value is -3.47. The third-order valence-corrected chi connectivity index (χ3v) is 4.99. The number of anilines is 3. The van der Waals surface area contributed by atoms with E-state index in [0.29, 0.717) is 18.8 Å². The zero-order chi connectivity index (χ0) is 19.5. The van der Waals surface area contributed by atoms with Crippen molar-refractivity contribution in [1.82, 2.24) is 0 Å². The minimum atomic E-state index is -0.426. The van der Waals surface area contributed by atoms with Gasteiger partial charge >= 0.3 is 0 Å². The van der Waals surface area contributed by atoms with Crippen molar-refractivity contribution in [2.24, 2.45) is 5.73 Å². The van der Waals surface area contributed by atoms with Gasteiger partial charge in [0.1, 0.15) is 12.4 Å². The van der Waals surface area contributed by atoms with Gasteiger partial charge in [-0.1, -0.05) is 31.2 Å². The van der Waals surface area contributed by atoms with Crippen LogP contribution < -0.4 is 20.7 Å². The van der Waals surface area contributed by atoms with Crippen molar-refractivity contribution in [2.75, 3.05) is 16.9 Å². The van der Waals surface area contributed by atoms with Crippen LogP contribution in [0.25, 0.3) is 0 Å². The van der Waals surface area contributed by atoms with E-state index in [-0.39, 0.29) is 0 Å². The Morgan fingerprint density at radius 2 is 1.75 bits per heavy atom. The van der Waals surface area contributed by atoms with Gasteiger partial charge in [-0.25, -0.2) is 0 Å². The Kier molecular flexibility index (Phi) is 4.89. The van der Waals surface area contributed by atoms with Crippen LogP contribution in [0.4, 0.5) is 17.1 Å². The third-order valence-electron chi connectivity index (χ3n) is 4.99. The molecule has 0 saturated carbocycles. The summed E-state index contributed by atoms with van der Waals surface area (Å²) in [6, 6.07) is 21.9. The minimum absolute atomic E-state index is 0.426. The van der Waals surface area contributed by atoms with Gasteiger partial charge in [0.25, 0.3) is 0 Å². The molecule has 142 valence electrons. The molecular weight excluding hydrogens is 350 g/mol. The lowest BCUT2D eigenvalue weighted by molar-refractivity contribution is 0.100. The van der Waals surface area contributed by atoms with Crippen molar-refractivity contribution in [3.05, 3.63) is 83.4 Å². The van der Waals surface area contributed by atoms with Gasteiger partial charge in [-0.05, 0) is 60.0 Å². The quantitative estimate of drug-likeness (QED) is 0.670. The average molecular weight is 373 g/mol. The van der Waals surface area contributed by atoms with Crippen molar-refractivity contribution >= 4 is 23.0 Å². The highest BCUT2D eigenvalue weighted by Crippen LogP contribution is 2.37. The summed E-state index contributed by atoms with van der Waals surface area (Å²) in [5.74, 6) is 0.395. The van der Waals surface area contributed by atoms with Crippen LogP contribution in [0.2, 0.25) is 0 Å². The van der Waals surface area contributed by atoms with Gasteiger partial charge in [-0.3, -0.25) is 4.79 Å². The van der Waals surface area contributed by atoms with E-state index in [2.05, 4.69) is 41.4 Å². The van der Waals surface area contributed by atoms with Crippen LogP contribution >= 0.6 is 0 Å². The standard InChI is InChI=1S/C23H23N3O2/c1-2-16-3-5-17(6-4-16)14-28-20-10-8-19(9-11-20)26-15-25-21-12-7-18(23(24)27)13-22(21)26/h3-13,25H,2,14-15H2,1H3,(H2,24,27). The molecule has 0 fully saturated rings. The van der Waals surface area contributed by atoms with Crippen LogP contribution in [0, 0.1) is 0 Å². The molecule has 0 atom stereocenters. The van der Waals surface area contributed by atoms with E-state index in [1.54, 1.807) is 6.07 Å². The zero-order valence-corrected chi connectivity index (χ0v) is 15.8. The Morgan fingerprint density at radius 1 is 1.04 bits per heavy atom. The molecule has 4 rings (SSSR count). The molecule has 28 heavy (non-hydrogen) atoms.